The van der Waals surface area contributed by atoms with Gasteiger partial charge in [0, 0.05) is 11.3 Å². The standard InChI is InChI=1S/C15H14BrFN2O/c1-9(11-4-2-3-5-14(11)18)19-15(20)10-6-7-12(16)13(17)8-10/h2-9H,18H2,1H3,(H,19,20). The van der Waals surface area contributed by atoms with Crippen LogP contribution in [-0.2, 0) is 0 Å². The average molecular weight is 337 g/mol. The zero-order chi connectivity index (χ0) is 14.7. The maximum atomic E-state index is 13.4. The lowest BCUT2D eigenvalue weighted by atomic mass is 10.1. The Kier molecular flexibility index (Phi) is 4.39. The number of nitrogens with two attached hydrogens (primary N) is 1. The van der Waals surface area contributed by atoms with E-state index in [1.807, 2.05) is 25.1 Å². The molecule has 0 fully saturated rings. The van der Waals surface area contributed by atoms with Crippen molar-refractivity contribution in [3.05, 3.63) is 63.9 Å². The molecule has 0 aromatic heterocycles. The number of carbonyl (C=O) groups excluding carboxylic acids is 1. The molecule has 2 aromatic rings. The molecule has 1 unspecified atom stereocenters. The SMILES string of the molecule is CC(NC(=O)c1ccc(Br)c(F)c1)c1ccccc1N. The van der Waals surface area contributed by atoms with E-state index in [1.54, 1.807) is 12.1 Å². The summed E-state index contributed by atoms with van der Waals surface area (Å²) in [7, 11) is 0. The molecule has 1 atom stereocenters. The zero-order valence-corrected chi connectivity index (χ0v) is 12.4. The molecule has 2 aromatic carbocycles. The molecule has 1 amide bonds. The van der Waals surface area contributed by atoms with E-state index < -0.39 is 5.82 Å². The minimum absolute atomic E-state index is 0.254. The Morgan fingerprint density at radius 2 is 2.00 bits per heavy atom. The van der Waals surface area contributed by atoms with E-state index in [2.05, 4.69) is 21.2 Å². The summed E-state index contributed by atoms with van der Waals surface area (Å²) in [5, 5.41) is 2.80. The summed E-state index contributed by atoms with van der Waals surface area (Å²) in [4.78, 5) is 12.1. The number of nitrogens with one attached hydrogen (secondary N) is 1. The van der Waals surface area contributed by atoms with Crippen LogP contribution in [0.15, 0.2) is 46.9 Å². The highest BCUT2D eigenvalue weighted by molar-refractivity contribution is 9.10. The Balaban J connectivity index is 2.15. The lowest BCUT2D eigenvalue weighted by Gasteiger charge is -2.16. The second-order valence-corrected chi connectivity index (χ2v) is 5.31. The molecule has 3 N–H and O–H groups in total. The van der Waals surface area contributed by atoms with Crippen molar-refractivity contribution in [2.75, 3.05) is 5.73 Å². The lowest BCUT2D eigenvalue weighted by molar-refractivity contribution is 0.0939. The Labute approximate surface area is 125 Å². The van der Waals surface area contributed by atoms with E-state index in [0.29, 0.717) is 10.2 Å². The smallest absolute Gasteiger partial charge is 0.251 e. The van der Waals surface area contributed by atoms with E-state index >= 15 is 0 Å². The van der Waals surface area contributed by atoms with Gasteiger partial charge < -0.3 is 11.1 Å². The summed E-state index contributed by atoms with van der Waals surface area (Å²) >= 11 is 3.05. The van der Waals surface area contributed by atoms with Crippen molar-refractivity contribution >= 4 is 27.5 Å². The predicted octanol–water partition coefficient (Wildman–Crippen LogP) is 3.66. The lowest BCUT2D eigenvalue weighted by Crippen LogP contribution is -2.27. The molecule has 104 valence electrons. The molecule has 5 heteroatoms. The van der Waals surface area contributed by atoms with Gasteiger partial charge in [-0.25, -0.2) is 4.39 Å². The van der Waals surface area contributed by atoms with Crippen LogP contribution in [0, 0.1) is 5.82 Å². The quantitative estimate of drug-likeness (QED) is 0.840. The molecule has 0 aliphatic carbocycles. The highest BCUT2D eigenvalue weighted by Gasteiger charge is 2.14. The van der Waals surface area contributed by atoms with Crippen molar-refractivity contribution in [1.29, 1.82) is 0 Å². The van der Waals surface area contributed by atoms with Crippen LogP contribution in [0.5, 0.6) is 0 Å². The third-order valence-corrected chi connectivity index (χ3v) is 3.64. The number of hydrogen-bond acceptors (Lipinski definition) is 2. The average Bonchev–Trinajstić information content (AvgIpc) is 2.42. The number of halogens is 2. The van der Waals surface area contributed by atoms with Gasteiger partial charge in [-0.1, -0.05) is 18.2 Å². The van der Waals surface area contributed by atoms with Gasteiger partial charge in [0.15, 0.2) is 0 Å². The topological polar surface area (TPSA) is 55.1 Å². The molecule has 0 aliphatic rings. The fraction of sp³-hybridized carbons (Fsp3) is 0.133. The third-order valence-electron chi connectivity index (χ3n) is 2.99. The van der Waals surface area contributed by atoms with Crippen LogP contribution in [-0.4, -0.2) is 5.91 Å². The summed E-state index contributed by atoms with van der Waals surface area (Å²) in [5.41, 5.74) is 7.58. The van der Waals surface area contributed by atoms with Crippen LogP contribution >= 0.6 is 15.9 Å². The number of benzene rings is 2. The molecular weight excluding hydrogens is 323 g/mol. The number of amides is 1. The van der Waals surface area contributed by atoms with Crippen LogP contribution in [0.25, 0.3) is 0 Å². The van der Waals surface area contributed by atoms with Gasteiger partial charge in [0.2, 0.25) is 0 Å². The molecule has 0 bridgehead atoms. The second kappa shape index (κ2) is 6.05. The number of hydrogen-bond donors (Lipinski definition) is 2. The van der Waals surface area contributed by atoms with Crippen LogP contribution in [0.1, 0.15) is 28.9 Å². The first kappa shape index (κ1) is 14.5. The Bertz CT molecular complexity index is 646. The Hall–Kier alpha value is -1.88. The molecule has 0 spiro atoms. The largest absolute Gasteiger partial charge is 0.398 e. The molecule has 0 aliphatic heterocycles. The molecule has 0 radical (unpaired) electrons. The summed E-state index contributed by atoms with van der Waals surface area (Å²) < 4.78 is 13.7. The van der Waals surface area contributed by atoms with Gasteiger partial charge in [0.05, 0.1) is 10.5 Å². The van der Waals surface area contributed by atoms with Crippen molar-refractivity contribution < 1.29 is 9.18 Å². The molecule has 0 heterocycles. The predicted molar refractivity (Wildman–Crippen MR) is 80.8 cm³/mol. The van der Waals surface area contributed by atoms with E-state index in [-0.39, 0.29) is 17.5 Å². The fourth-order valence-electron chi connectivity index (χ4n) is 1.90. The third kappa shape index (κ3) is 3.17. The van der Waals surface area contributed by atoms with E-state index in [9.17, 15) is 9.18 Å². The minimum atomic E-state index is -0.468. The fourth-order valence-corrected chi connectivity index (χ4v) is 2.15. The first-order valence-electron chi connectivity index (χ1n) is 6.09. The van der Waals surface area contributed by atoms with Crippen LogP contribution in [0.2, 0.25) is 0 Å². The van der Waals surface area contributed by atoms with Crippen LogP contribution in [0.3, 0.4) is 0 Å². The van der Waals surface area contributed by atoms with E-state index in [1.165, 1.54) is 12.1 Å². The van der Waals surface area contributed by atoms with Crippen molar-refractivity contribution in [1.82, 2.24) is 5.32 Å². The van der Waals surface area contributed by atoms with Gasteiger partial charge in [-0.3, -0.25) is 4.79 Å². The monoisotopic (exact) mass is 336 g/mol. The maximum absolute atomic E-state index is 13.4. The first-order chi connectivity index (χ1) is 9.49. The van der Waals surface area contributed by atoms with Gasteiger partial charge >= 0.3 is 0 Å². The molecule has 20 heavy (non-hydrogen) atoms. The van der Waals surface area contributed by atoms with Gasteiger partial charge in [-0.2, -0.15) is 0 Å². The highest BCUT2D eigenvalue weighted by Crippen LogP contribution is 2.21. The second-order valence-electron chi connectivity index (χ2n) is 4.45. The van der Waals surface area contributed by atoms with Crippen molar-refractivity contribution in [3.63, 3.8) is 0 Å². The summed E-state index contributed by atoms with van der Waals surface area (Å²) in [5.74, 6) is -0.809. The van der Waals surface area contributed by atoms with Crippen molar-refractivity contribution in [2.24, 2.45) is 0 Å². The highest BCUT2D eigenvalue weighted by atomic mass is 79.9. The van der Waals surface area contributed by atoms with Gasteiger partial charge in [0.25, 0.3) is 5.91 Å². The normalized spacial score (nSPS) is 11.9. The van der Waals surface area contributed by atoms with E-state index in [0.717, 1.165) is 5.56 Å². The number of nitrogen functional groups attached to an aromatic ring is 1. The molecule has 2 rings (SSSR count). The number of para-hydroxylation sites is 1. The van der Waals surface area contributed by atoms with Gasteiger partial charge in [-0.05, 0) is 52.7 Å². The Morgan fingerprint density at radius 3 is 2.65 bits per heavy atom. The summed E-state index contributed by atoms with van der Waals surface area (Å²) in [6.45, 7) is 1.83. The van der Waals surface area contributed by atoms with Crippen molar-refractivity contribution in [2.45, 2.75) is 13.0 Å². The van der Waals surface area contributed by atoms with Gasteiger partial charge in [0.1, 0.15) is 5.82 Å². The number of rotatable bonds is 3. The molecule has 0 saturated heterocycles. The van der Waals surface area contributed by atoms with Crippen molar-refractivity contribution in [3.8, 4) is 0 Å². The van der Waals surface area contributed by atoms with Gasteiger partial charge in [-0.15, -0.1) is 0 Å². The Morgan fingerprint density at radius 1 is 1.30 bits per heavy atom. The number of carbonyl (C=O) groups is 1. The summed E-state index contributed by atoms with van der Waals surface area (Å²) in [6.07, 6.45) is 0. The molecule has 3 nitrogen and oxygen atoms in total. The number of anilines is 1. The molecule has 0 saturated carbocycles. The summed E-state index contributed by atoms with van der Waals surface area (Å²) in [6, 6.07) is 11.3. The molecular formula is C15H14BrFN2O. The first-order valence-corrected chi connectivity index (χ1v) is 6.88. The van der Waals surface area contributed by atoms with E-state index in [4.69, 9.17) is 5.73 Å². The minimum Gasteiger partial charge on any atom is -0.398 e. The van der Waals surface area contributed by atoms with Crippen LogP contribution in [0.4, 0.5) is 10.1 Å². The van der Waals surface area contributed by atoms with Crippen LogP contribution < -0.4 is 11.1 Å². The zero-order valence-electron chi connectivity index (χ0n) is 10.9. The maximum Gasteiger partial charge on any atom is 0.251 e.